The summed E-state index contributed by atoms with van der Waals surface area (Å²) in [7, 11) is -3.27. The molecule has 0 saturated heterocycles. The second-order valence-electron chi connectivity index (χ2n) is 6.15. The maximum absolute atomic E-state index is 12.4. The van der Waals surface area contributed by atoms with E-state index in [2.05, 4.69) is 5.32 Å². The van der Waals surface area contributed by atoms with Gasteiger partial charge in [-0.2, -0.15) is 0 Å². The van der Waals surface area contributed by atoms with Crippen LogP contribution in [0.5, 0.6) is 0 Å². The number of hydrogen-bond acceptors (Lipinski definition) is 6. The molecule has 2 aromatic heterocycles. The Morgan fingerprint density at radius 2 is 1.52 bits per heavy atom. The molecule has 0 unspecified atom stereocenters. The molecule has 0 atom stereocenters. The van der Waals surface area contributed by atoms with Gasteiger partial charge in [-0.25, -0.2) is 8.42 Å². The van der Waals surface area contributed by atoms with Crippen molar-refractivity contribution >= 4 is 21.4 Å². The normalized spacial score (nSPS) is 11.6. The molecule has 0 fully saturated rings. The molecule has 2 heterocycles. The molecular weight excluding hydrogens is 368 g/mol. The van der Waals surface area contributed by atoms with Gasteiger partial charge in [0.2, 0.25) is 5.91 Å². The number of amides is 1. The van der Waals surface area contributed by atoms with Crippen LogP contribution >= 0.6 is 0 Å². The van der Waals surface area contributed by atoms with Gasteiger partial charge in [0.15, 0.2) is 9.84 Å². The summed E-state index contributed by atoms with van der Waals surface area (Å²) >= 11 is 0. The van der Waals surface area contributed by atoms with E-state index in [9.17, 15) is 13.2 Å². The van der Waals surface area contributed by atoms with Gasteiger partial charge in [-0.1, -0.05) is 0 Å². The van der Waals surface area contributed by atoms with Gasteiger partial charge >= 0.3 is 0 Å². The number of nitrogens with zero attached hydrogens (tertiary/aromatic N) is 1. The van der Waals surface area contributed by atoms with Crippen molar-refractivity contribution in [3.05, 3.63) is 72.6 Å². The molecule has 0 radical (unpaired) electrons. The maximum atomic E-state index is 12.4. The largest absolute Gasteiger partial charge is 0.468 e. The van der Waals surface area contributed by atoms with E-state index in [4.69, 9.17) is 8.83 Å². The average Bonchev–Trinajstić information content (AvgIpc) is 3.28. The first-order valence-electron chi connectivity index (χ1n) is 8.27. The quantitative estimate of drug-likeness (QED) is 0.638. The number of nitrogens with one attached hydrogen (secondary N) is 1. The molecule has 7 nitrogen and oxygen atoms in total. The lowest BCUT2D eigenvalue weighted by atomic mass is 10.3. The van der Waals surface area contributed by atoms with Gasteiger partial charge in [-0.3, -0.25) is 9.69 Å². The Morgan fingerprint density at radius 1 is 0.963 bits per heavy atom. The van der Waals surface area contributed by atoms with Gasteiger partial charge < -0.3 is 14.2 Å². The van der Waals surface area contributed by atoms with Crippen molar-refractivity contribution in [3.63, 3.8) is 0 Å². The Hall–Kier alpha value is -2.84. The summed E-state index contributed by atoms with van der Waals surface area (Å²) < 4.78 is 33.7. The predicted molar refractivity (Wildman–Crippen MR) is 99.7 cm³/mol. The Balaban J connectivity index is 1.64. The van der Waals surface area contributed by atoms with Crippen LogP contribution in [0.1, 0.15) is 11.5 Å². The summed E-state index contributed by atoms with van der Waals surface area (Å²) in [6, 6.07) is 13.3. The molecular formula is C19H20N2O5S. The summed E-state index contributed by atoms with van der Waals surface area (Å²) in [5, 5.41) is 2.77. The first-order valence-corrected chi connectivity index (χ1v) is 10.2. The van der Waals surface area contributed by atoms with Crippen molar-refractivity contribution in [3.8, 4) is 0 Å². The summed E-state index contributed by atoms with van der Waals surface area (Å²) in [4.78, 5) is 14.5. The summed E-state index contributed by atoms with van der Waals surface area (Å²) in [6.07, 6.45) is 4.31. The second-order valence-corrected chi connectivity index (χ2v) is 8.16. The Kier molecular flexibility index (Phi) is 5.78. The molecule has 3 rings (SSSR count). The third-order valence-corrected chi connectivity index (χ3v) is 4.98. The van der Waals surface area contributed by atoms with Crippen LogP contribution in [-0.2, 0) is 27.7 Å². The van der Waals surface area contributed by atoms with Crippen molar-refractivity contribution < 1.29 is 22.0 Å². The zero-order valence-electron chi connectivity index (χ0n) is 14.8. The van der Waals surface area contributed by atoms with Gasteiger partial charge in [0.1, 0.15) is 11.5 Å². The number of anilines is 1. The zero-order valence-corrected chi connectivity index (χ0v) is 15.6. The number of carbonyl (C=O) groups is 1. The number of rotatable bonds is 8. The summed E-state index contributed by atoms with van der Waals surface area (Å²) in [6.45, 7) is 1.03. The first kappa shape index (κ1) is 18.9. The molecule has 0 saturated carbocycles. The van der Waals surface area contributed by atoms with E-state index in [0.717, 1.165) is 17.8 Å². The van der Waals surface area contributed by atoms with E-state index < -0.39 is 9.84 Å². The van der Waals surface area contributed by atoms with Crippen molar-refractivity contribution in [2.24, 2.45) is 0 Å². The van der Waals surface area contributed by atoms with Gasteiger partial charge in [0, 0.05) is 11.9 Å². The Morgan fingerprint density at radius 3 is 1.96 bits per heavy atom. The molecule has 1 N–H and O–H groups in total. The molecule has 1 aromatic carbocycles. The highest BCUT2D eigenvalue weighted by atomic mass is 32.2. The van der Waals surface area contributed by atoms with Crippen molar-refractivity contribution in [1.82, 2.24) is 4.90 Å². The van der Waals surface area contributed by atoms with Crippen LogP contribution in [0.3, 0.4) is 0 Å². The van der Waals surface area contributed by atoms with E-state index in [0.29, 0.717) is 18.8 Å². The molecule has 3 aromatic rings. The lowest BCUT2D eigenvalue weighted by molar-refractivity contribution is -0.117. The molecule has 0 aliphatic carbocycles. The number of benzene rings is 1. The van der Waals surface area contributed by atoms with Crippen molar-refractivity contribution in [1.29, 1.82) is 0 Å². The van der Waals surface area contributed by atoms with Crippen LogP contribution in [0.25, 0.3) is 0 Å². The van der Waals surface area contributed by atoms with E-state index in [1.165, 1.54) is 12.1 Å². The SMILES string of the molecule is CS(=O)(=O)c1ccc(NC(=O)CN(Cc2ccco2)Cc2ccco2)cc1. The molecule has 142 valence electrons. The van der Waals surface area contributed by atoms with Crippen LogP contribution in [0.15, 0.2) is 74.8 Å². The van der Waals surface area contributed by atoms with E-state index >= 15 is 0 Å². The standard InChI is InChI=1S/C19H20N2O5S/c1-27(23,24)18-8-6-15(7-9-18)20-19(22)14-21(12-16-4-2-10-25-16)13-17-5-3-11-26-17/h2-11H,12-14H2,1H3,(H,20,22). The first-order chi connectivity index (χ1) is 12.9. The van der Waals surface area contributed by atoms with Crippen LogP contribution in [0.2, 0.25) is 0 Å². The topological polar surface area (TPSA) is 92.8 Å². The third-order valence-electron chi connectivity index (χ3n) is 3.85. The van der Waals surface area contributed by atoms with Crippen molar-refractivity contribution in [2.75, 3.05) is 18.1 Å². The van der Waals surface area contributed by atoms with E-state index in [-0.39, 0.29) is 17.3 Å². The minimum atomic E-state index is -3.27. The number of furan rings is 2. The highest BCUT2D eigenvalue weighted by molar-refractivity contribution is 7.90. The van der Waals surface area contributed by atoms with Gasteiger partial charge in [-0.15, -0.1) is 0 Å². The van der Waals surface area contributed by atoms with Crippen LogP contribution in [0.4, 0.5) is 5.69 Å². The molecule has 0 bridgehead atoms. The Bertz CT molecular complexity index is 926. The second kappa shape index (κ2) is 8.24. The third kappa shape index (κ3) is 5.57. The van der Waals surface area contributed by atoms with Gasteiger partial charge in [-0.05, 0) is 48.5 Å². The fourth-order valence-electron chi connectivity index (χ4n) is 2.60. The lowest BCUT2D eigenvalue weighted by Crippen LogP contribution is -2.32. The van der Waals surface area contributed by atoms with Gasteiger partial charge in [0.25, 0.3) is 0 Å². The number of carbonyl (C=O) groups excluding carboxylic acids is 1. The Labute approximate surface area is 157 Å². The van der Waals surface area contributed by atoms with E-state index in [1.54, 1.807) is 36.8 Å². The fourth-order valence-corrected chi connectivity index (χ4v) is 3.23. The zero-order chi connectivity index (χ0) is 19.3. The van der Waals surface area contributed by atoms with Crippen LogP contribution in [-0.4, -0.2) is 32.0 Å². The lowest BCUT2D eigenvalue weighted by Gasteiger charge is -2.19. The molecule has 1 amide bonds. The molecule has 27 heavy (non-hydrogen) atoms. The predicted octanol–water partition coefficient (Wildman–Crippen LogP) is 2.92. The number of sulfone groups is 1. The molecule has 0 spiro atoms. The highest BCUT2D eigenvalue weighted by Gasteiger charge is 2.15. The monoisotopic (exact) mass is 388 g/mol. The van der Waals surface area contributed by atoms with Crippen LogP contribution in [0, 0.1) is 0 Å². The maximum Gasteiger partial charge on any atom is 0.238 e. The van der Waals surface area contributed by atoms with E-state index in [1.807, 2.05) is 17.0 Å². The van der Waals surface area contributed by atoms with Crippen LogP contribution < -0.4 is 5.32 Å². The van der Waals surface area contributed by atoms with Crippen molar-refractivity contribution in [2.45, 2.75) is 18.0 Å². The van der Waals surface area contributed by atoms with Gasteiger partial charge in [0.05, 0.1) is 37.1 Å². The molecule has 0 aliphatic rings. The fraction of sp³-hybridized carbons (Fsp3) is 0.211. The number of hydrogen-bond donors (Lipinski definition) is 1. The summed E-state index contributed by atoms with van der Waals surface area (Å²) in [5.74, 6) is 1.26. The minimum Gasteiger partial charge on any atom is -0.468 e. The average molecular weight is 388 g/mol. The molecule has 0 aliphatic heterocycles. The summed E-state index contributed by atoms with van der Waals surface area (Å²) in [5.41, 5.74) is 0.531. The molecule has 8 heteroatoms. The smallest absolute Gasteiger partial charge is 0.238 e. The highest BCUT2D eigenvalue weighted by Crippen LogP contribution is 2.15. The minimum absolute atomic E-state index is 0.120.